The highest BCUT2D eigenvalue weighted by atomic mass is 35.5. The van der Waals surface area contributed by atoms with Gasteiger partial charge in [-0.3, -0.25) is 57.5 Å². The molecule has 25 nitrogen and oxygen atoms in total. The van der Waals surface area contributed by atoms with E-state index < -0.39 is 173 Å². The summed E-state index contributed by atoms with van der Waals surface area (Å²) in [6, 6.07) is -5.70. The number of hydrogen-bond acceptors (Lipinski definition) is 13. The third-order valence-corrected chi connectivity index (χ3v) is 22.6. The molecule has 101 heavy (non-hydrogen) atoms. The first-order valence-electron chi connectivity index (χ1n) is 36.5. The minimum Gasteiger partial charge on any atom is -0.385 e. The van der Waals surface area contributed by atoms with Gasteiger partial charge in [-0.2, -0.15) is 13.2 Å². The average Bonchev–Trinajstić information content (AvgIpc) is 1.74. The molecule has 3 saturated heterocycles. The molecule has 6 fully saturated rings. The summed E-state index contributed by atoms with van der Waals surface area (Å²) in [5.74, 6) is -8.77. The van der Waals surface area contributed by atoms with Crippen molar-refractivity contribution in [3.8, 4) is 0 Å². The number of methoxy groups -OCH3 is 1. The maximum Gasteiger partial charge on any atom is 0.417 e. The molecule has 0 bridgehead atoms. The third kappa shape index (κ3) is 20.6. The van der Waals surface area contributed by atoms with Crippen molar-refractivity contribution in [1.82, 2.24) is 60.0 Å². The van der Waals surface area contributed by atoms with E-state index in [0.717, 1.165) is 84.6 Å². The molecule has 1 aromatic rings. The first kappa shape index (κ1) is 81.2. The van der Waals surface area contributed by atoms with Crippen molar-refractivity contribution in [3.05, 3.63) is 34.3 Å². The van der Waals surface area contributed by atoms with Crippen LogP contribution in [-0.2, 0) is 74.9 Å². The topological polar surface area (TPSA) is 279 Å². The summed E-state index contributed by atoms with van der Waals surface area (Å²) in [5, 5.41) is 8.13. The van der Waals surface area contributed by atoms with Crippen molar-refractivity contribution in [2.24, 2.45) is 17.8 Å². The van der Waals surface area contributed by atoms with Crippen LogP contribution < -0.4 is 16.0 Å². The lowest BCUT2D eigenvalue weighted by molar-refractivity contribution is -0.157. The molecule has 3 aliphatic heterocycles. The maximum atomic E-state index is 15.8. The van der Waals surface area contributed by atoms with E-state index in [-0.39, 0.29) is 64.0 Å². The van der Waals surface area contributed by atoms with E-state index in [1.165, 1.54) is 87.0 Å². The second kappa shape index (κ2) is 36.9. The predicted octanol–water partition coefficient (Wildman–Crippen LogP) is 5.41. The fraction of sp³-hybridized carbons (Fsp3) is 0.750. The monoisotopic (exact) mass is 1440 g/mol. The van der Waals surface area contributed by atoms with Crippen LogP contribution in [0.1, 0.15) is 179 Å². The summed E-state index contributed by atoms with van der Waals surface area (Å²) in [7, 11) is 11.3. The molecule has 6 aliphatic rings. The van der Waals surface area contributed by atoms with Crippen molar-refractivity contribution in [2.75, 3.05) is 102 Å². The van der Waals surface area contributed by atoms with Gasteiger partial charge < -0.3 is 64.8 Å². The molecule has 564 valence electrons. The second-order valence-electron chi connectivity index (χ2n) is 29.3. The van der Waals surface area contributed by atoms with E-state index in [9.17, 15) is 41.9 Å². The minimum atomic E-state index is -4.76. The number of ether oxygens (including phenoxy) is 1. The van der Waals surface area contributed by atoms with Crippen LogP contribution in [-0.4, -0.2) is 265 Å². The van der Waals surface area contributed by atoms with Crippen LogP contribution in [0.15, 0.2) is 18.2 Å². The van der Waals surface area contributed by atoms with Crippen molar-refractivity contribution in [2.45, 2.75) is 228 Å². The van der Waals surface area contributed by atoms with Crippen LogP contribution >= 0.6 is 11.6 Å². The molecule has 1 aromatic carbocycles. The largest absolute Gasteiger partial charge is 0.417 e. The number of carbonyl (C=O) groups excluding carboxylic acids is 12. The number of amides is 12. The average molecular weight is 1440 g/mol. The molecule has 29 heteroatoms. The lowest BCUT2D eigenvalue weighted by Gasteiger charge is -2.43. The van der Waals surface area contributed by atoms with Gasteiger partial charge in [-0.25, -0.2) is 0 Å². The fourth-order valence-electron chi connectivity index (χ4n) is 15.7. The molecule has 3 N–H and O–H groups in total. The van der Waals surface area contributed by atoms with E-state index in [1.54, 1.807) is 11.8 Å². The van der Waals surface area contributed by atoms with Crippen molar-refractivity contribution in [1.29, 1.82) is 0 Å². The first-order valence-corrected chi connectivity index (χ1v) is 36.9. The first-order chi connectivity index (χ1) is 47.8. The van der Waals surface area contributed by atoms with Gasteiger partial charge in [-0.05, 0) is 112 Å². The highest BCUT2D eigenvalue weighted by molar-refractivity contribution is 6.31. The Morgan fingerprint density at radius 3 is 1.85 bits per heavy atom. The number of hydrogen-bond donors (Lipinski definition) is 3. The number of halogens is 4. The Labute approximate surface area is 598 Å². The second-order valence-corrected chi connectivity index (χ2v) is 29.7. The third-order valence-electron chi connectivity index (χ3n) is 22.3. The number of nitrogens with one attached hydrogen (secondary N) is 3. The highest BCUT2D eigenvalue weighted by Gasteiger charge is 2.51. The molecule has 3 heterocycles. The van der Waals surface area contributed by atoms with Gasteiger partial charge in [0.05, 0.1) is 36.6 Å². The number of benzene rings is 1. The van der Waals surface area contributed by atoms with Gasteiger partial charge >= 0.3 is 6.18 Å². The molecule has 0 radical (unpaired) electrons. The number of likely N-dealkylation sites (N-methyl/N-ethyl adjacent to an activating group) is 7. The van der Waals surface area contributed by atoms with Crippen LogP contribution in [0.5, 0.6) is 0 Å². The summed E-state index contributed by atoms with van der Waals surface area (Å²) in [4.78, 5) is 191. The van der Waals surface area contributed by atoms with Crippen LogP contribution in [0.3, 0.4) is 0 Å². The van der Waals surface area contributed by atoms with Crippen LogP contribution in [0.25, 0.3) is 0 Å². The smallest absolute Gasteiger partial charge is 0.385 e. The number of carbonyl (C=O) groups is 12. The fourth-order valence-corrected chi connectivity index (χ4v) is 16.0. The Balaban J connectivity index is 1.29. The van der Waals surface area contributed by atoms with Gasteiger partial charge in [0.25, 0.3) is 0 Å². The quantitative estimate of drug-likeness (QED) is 0.236. The molecular weight excluding hydrogens is 1330 g/mol. The van der Waals surface area contributed by atoms with Gasteiger partial charge in [0.1, 0.15) is 47.8 Å². The van der Waals surface area contributed by atoms with Gasteiger partial charge in [0.2, 0.25) is 70.9 Å². The molecular formula is C72H110ClF3N12O13. The summed E-state index contributed by atoms with van der Waals surface area (Å²) < 4.78 is 47.1. The Morgan fingerprint density at radius 1 is 0.634 bits per heavy atom. The Kier molecular flexibility index (Phi) is 29.6. The number of alkyl halides is 3. The van der Waals surface area contributed by atoms with Crippen molar-refractivity contribution in [3.63, 3.8) is 0 Å². The zero-order valence-electron chi connectivity index (χ0n) is 61.0. The number of likely N-dealkylation sites (tertiary alicyclic amines) is 1. The number of nitrogens with zero attached hydrogens (tertiary/aromatic N) is 9. The molecule has 1 spiro atoms. The molecule has 3 saturated carbocycles. The number of aryl methyl sites for hydroxylation is 1. The van der Waals surface area contributed by atoms with Crippen LogP contribution in [0, 0.1) is 17.8 Å². The number of piperidine rings is 1. The Bertz CT molecular complexity index is 3120. The maximum absolute atomic E-state index is 15.8. The lowest BCUT2D eigenvalue weighted by Crippen LogP contribution is -2.65. The normalized spacial score (nSPS) is 26.7. The molecule has 12 amide bonds. The van der Waals surface area contributed by atoms with E-state index in [2.05, 4.69) is 16.0 Å². The van der Waals surface area contributed by atoms with Gasteiger partial charge in [0.15, 0.2) is 0 Å². The van der Waals surface area contributed by atoms with Gasteiger partial charge in [-0.1, -0.05) is 102 Å². The molecule has 1 unspecified atom stereocenters. The highest BCUT2D eigenvalue weighted by Crippen LogP contribution is 2.38. The standard InChI is InChI=1S/C72H110ClF3N12O13/c1-11-46(2)61-68(98)82(5)44-59(91)80(3)45-60(92)84(7)55(41-47-24-15-12-16-25-47)66(96)81(4)43-57(89)77-52(32-30-48-29-31-50(51(73)40-48)72(74,75)76)65(95)88-38-23-28-54(88)64(94)79-71(34-19-20-35-71)70(100)86(9)62(49-26-17-13-18-27-49)69(99)85(8)56(67(97)87-36-21-14-22-37-87)42-58(90)83(6)53(33-39-101-10)63(93)78-61/h29,31,40,46-47,49,52-56,61-62H,11-28,30,32-39,41-45H2,1-10H3,(H,77,89)(H,78,93)(H,79,94)/t46-,52-,53-,54?,55-,56-,61-,62-/m0/s1. The SMILES string of the molecule is CC[C@H](C)[C@@H]1NC(=O)[C@H](CCOC)N(C)C(=O)C[C@@H](C(=O)N2CCCCC2)N(C)C(=O)[C@H](C2CCCCC2)N(C)C(=O)C2(CCCC2)NC(=O)C2CCCN2C(=O)[C@H](CCc2ccc(C(F)(F)F)c(Cl)c2)NC(=O)CN(C)C(=O)[C@H](CC2CCCCC2)N(C)C(=O)CN(C)C(=O)CN(C)C1=O. The van der Waals surface area contributed by atoms with Crippen molar-refractivity contribution < 1.29 is 75.4 Å². The Morgan fingerprint density at radius 2 is 1.24 bits per heavy atom. The molecule has 0 aromatic heterocycles. The zero-order chi connectivity index (χ0) is 74.2. The zero-order valence-corrected chi connectivity index (χ0v) is 61.7. The summed E-state index contributed by atoms with van der Waals surface area (Å²) in [6.45, 7) is 2.61. The van der Waals surface area contributed by atoms with E-state index in [0.29, 0.717) is 70.0 Å². The molecule has 7 rings (SSSR count). The molecule has 8 atom stereocenters. The van der Waals surface area contributed by atoms with E-state index in [4.69, 9.17) is 16.3 Å². The van der Waals surface area contributed by atoms with Gasteiger partial charge in [-0.15, -0.1) is 0 Å². The minimum absolute atomic E-state index is 0.0133. The number of rotatable bonds is 12. The lowest BCUT2D eigenvalue weighted by atomic mass is 9.81. The Hall–Kier alpha value is -7.10. The number of fused-ring (bicyclic) bond motifs is 1. The van der Waals surface area contributed by atoms with E-state index in [1.807, 2.05) is 6.92 Å². The summed E-state index contributed by atoms with van der Waals surface area (Å²) >= 11 is 6.16. The summed E-state index contributed by atoms with van der Waals surface area (Å²) in [6.07, 6.45) is 6.74. The molecule has 3 aliphatic carbocycles. The van der Waals surface area contributed by atoms with Crippen molar-refractivity contribution >= 4 is 82.5 Å². The van der Waals surface area contributed by atoms with Crippen LogP contribution in [0.2, 0.25) is 5.02 Å². The van der Waals surface area contributed by atoms with Crippen LogP contribution in [0.4, 0.5) is 13.2 Å². The van der Waals surface area contributed by atoms with E-state index >= 15 is 28.8 Å². The van der Waals surface area contributed by atoms with Gasteiger partial charge in [0, 0.05) is 89.1 Å². The summed E-state index contributed by atoms with van der Waals surface area (Å²) in [5.41, 5.74) is -2.35. The predicted molar refractivity (Wildman–Crippen MR) is 371 cm³/mol.